The first-order valence-corrected chi connectivity index (χ1v) is 4.56. The smallest absolute Gasteiger partial charge is 0.315 e. The minimum atomic E-state index is -0.464. The van der Waals surface area contributed by atoms with Gasteiger partial charge in [-0.25, -0.2) is 0 Å². The normalized spacial score (nSPS) is 27.7. The van der Waals surface area contributed by atoms with E-state index in [0.717, 1.165) is 24.8 Å². The quantitative estimate of drug-likeness (QED) is 0.610. The molecule has 0 radical (unpaired) electrons. The van der Waals surface area contributed by atoms with E-state index < -0.39 is 5.41 Å². The summed E-state index contributed by atoms with van der Waals surface area (Å²) >= 11 is 0. The summed E-state index contributed by atoms with van der Waals surface area (Å²) in [4.78, 5) is 11.5. The summed E-state index contributed by atoms with van der Waals surface area (Å²) in [6.45, 7) is 5.64. The van der Waals surface area contributed by atoms with Gasteiger partial charge < -0.3 is 4.74 Å². The lowest BCUT2D eigenvalue weighted by Crippen LogP contribution is -2.32. The maximum absolute atomic E-state index is 11.5. The summed E-state index contributed by atoms with van der Waals surface area (Å²) in [6.07, 6.45) is 6.78. The summed E-state index contributed by atoms with van der Waals surface area (Å²) < 4.78 is 4.80. The molecule has 1 unspecified atom stereocenters. The van der Waals surface area contributed by atoms with Gasteiger partial charge in [-0.15, -0.1) is 0 Å². The number of ether oxygens (including phenoxy) is 1. The zero-order valence-corrected chi connectivity index (χ0v) is 8.30. The van der Waals surface area contributed by atoms with Crippen molar-refractivity contribution in [3.8, 4) is 0 Å². The van der Waals surface area contributed by atoms with Crippen molar-refractivity contribution >= 4 is 5.97 Å². The van der Waals surface area contributed by atoms with Gasteiger partial charge in [0.15, 0.2) is 0 Å². The van der Waals surface area contributed by atoms with Crippen LogP contribution in [-0.2, 0) is 9.53 Å². The first-order valence-electron chi connectivity index (χ1n) is 4.56. The molecule has 0 heterocycles. The number of methoxy groups -OCH3 is 1. The molecule has 1 aliphatic carbocycles. The predicted molar refractivity (Wildman–Crippen MR) is 52.3 cm³/mol. The molecule has 0 N–H and O–H groups in total. The molecular formula is C11H16O2. The lowest BCUT2D eigenvalue weighted by atomic mass is 9.74. The summed E-state index contributed by atoms with van der Waals surface area (Å²) in [5.41, 5.74) is 0.542. The number of hydrogen-bond donors (Lipinski definition) is 0. The van der Waals surface area contributed by atoms with Gasteiger partial charge in [-0.2, -0.15) is 0 Å². The minimum Gasteiger partial charge on any atom is -0.468 e. The molecule has 0 fully saturated rings. The Hall–Kier alpha value is -1.05. The molecule has 0 aromatic rings. The van der Waals surface area contributed by atoms with Gasteiger partial charge in [-0.3, -0.25) is 4.79 Å². The second kappa shape index (κ2) is 3.77. The van der Waals surface area contributed by atoms with Crippen molar-refractivity contribution in [3.05, 3.63) is 24.3 Å². The van der Waals surface area contributed by atoms with Crippen LogP contribution in [0, 0.1) is 5.41 Å². The van der Waals surface area contributed by atoms with Gasteiger partial charge in [0.05, 0.1) is 12.5 Å². The van der Waals surface area contributed by atoms with E-state index in [1.54, 1.807) is 6.08 Å². The van der Waals surface area contributed by atoms with Gasteiger partial charge in [0.1, 0.15) is 0 Å². The number of carbonyl (C=O) groups excluding carboxylic acids is 1. The Morgan fingerprint density at radius 1 is 1.77 bits per heavy atom. The maximum Gasteiger partial charge on any atom is 0.315 e. The van der Waals surface area contributed by atoms with Crippen LogP contribution in [0.2, 0.25) is 0 Å². The van der Waals surface area contributed by atoms with Crippen LogP contribution in [-0.4, -0.2) is 13.1 Å². The fraction of sp³-hybridized carbons (Fsp3) is 0.545. The van der Waals surface area contributed by atoms with E-state index in [4.69, 9.17) is 4.74 Å². The first kappa shape index (κ1) is 10.0. The fourth-order valence-electron chi connectivity index (χ4n) is 1.84. The van der Waals surface area contributed by atoms with Crippen LogP contribution in [0.15, 0.2) is 24.3 Å². The van der Waals surface area contributed by atoms with Crippen LogP contribution in [0.4, 0.5) is 0 Å². The average molecular weight is 180 g/mol. The molecule has 2 nitrogen and oxygen atoms in total. The molecule has 0 amide bonds. The molecule has 13 heavy (non-hydrogen) atoms. The van der Waals surface area contributed by atoms with Crippen LogP contribution in [0.25, 0.3) is 0 Å². The van der Waals surface area contributed by atoms with Crippen molar-refractivity contribution in [2.75, 3.05) is 7.11 Å². The third-order valence-electron chi connectivity index (χ3n) is 2.74. The van der Waals surface area contributed by atoms with Crippen LogP contribution < -0.4 is 0 Å². The van der Waals surface area contributed by atoms with Gasteiger partial charge in [-0.1, -0.05) is 18.7 Å². The third-order valence-corrected chi connectivity index (χ3v) is 2.74. The number of allylic oxidation sites excluding steroid dienone is 2. The zero-order valence-electron chi connectivity index (χ0n) is 8.30. The molecule has 0 saturated carbocycles. The summed E-state index contributed by atoms with van der Waals surface area (Å²) in [5, 5.41) is 0. The molecular weight excluding hydrogens is 164 g/mol. The van der Waals surface area contributed by atoms with Crippen molar-refractivity contribution in [1.29, 1.82) is 0 Å². The number of rotatable bonds is 2. The Morgan fingerprint density at radius 3 is 3.00 bits per heavy atom. The number of esters is 1. The molecule has 0 aliphatic heterocycles. The van der Waals surface area contributed by atoms with Gasteiger partial charge in [0.2, 0.25) is 0 Å². The van der Waals surface area contributed by atoms with Crippen molar-refractivity contribution in [2.24, 2.45) is 5.41 Å². The van der Waals surface area contributed by atoms with Crippen LogP contribution >= 0.6 is 0 Å². The second-order valence-corrected chi connectivity index (χ2v) is 3.58. The maximum atomic E-state index is 11.5. The largest absolute Gasteiger partial charge is 0.468 e. The highest BCUT2D eigenvalue weighted by molar-refractivity contribution is 5.81. The van der Waals surface area contributed by atoms with Gasteiger partial charge >= 0.3 is 5.97 Å². The summed E-state index contributed by atoms with van der Waals surface area (Å²) in [5.74, 6) is -0.154. The van der Waals surface area contributed by atoms with E-state index in [1.807, 2.05) is 6.92 Å². The molecule has 0 aromatic heterocycles. The average Bonchev–Trinajstić information content (AvgIpc) is 2.17. The van der Waals surface area contributed by atoms with E-state index in [9.17, 15) is 4.79 Å². The Bertz CT molecular complexity index is 253. The Morgan fingerprint density at radius 2 is 2.46 bits per heavy atom. The lowest BCUT2D eigenvalue weighted by molar-refractivity contribution is -0.149. The molecule has 1 aliphatic rings. The van der Waals surface area contributed by atoms with E-state index in [0.29, 0.717) is 0 Å². The Balaban J connectivity index is 2.98. The minimum absolute atomic E-state index is 0.154. The highest BCUT2D eigenvalue weighted by Crippen LogP contribution is 2.38. The molecule has 1 atom stereocenters. The molecule has 72 valence electrons. The third kappa shape index (κ3) is 1.67. The molecule has 0 aromatic carbocycles. The standard InChI is InChI=1S/C11H16O2/c1-4-9-7-5-6-8-11(9,2)10(12)13-3/h4,7H,1,5-6,8H2,2-3H3. The molecule has 0 saturated heterocycles. The zero-order chi connectivity index (χ0) is 9.90. The molecule has 0 bridgehead atoms. The highest BCUT2D eigenvalue weighted by Gasteiger charge is 2.37. The van der Waals surface area contributed by atoms with Crippen molar-refractivity contribution in [1.82, 2.24) is 0 Å². The van der Waals surface area contributed by atoms with Crippen molar-refractivity contribution < 1.29 is 9.53 Å². The highest BCUT2D eigenvalue weighted by atomic mass is 16.5. The molecule has 2 heteroatoms. The number of hydrogen-bond acceptors (Lipinski definition) is 2. The van der Waals surface area contributed by atoms with Gasteiger partial charge in [0, 0.05) is 0 Å². The van der Waals surface area contributed by atoms with E-state index in [2.05, 4.69) is 12.7 Å². The van der Waals surface area contributed by atoms with Crippen LogP contribution in [0.3, 0.4) is 0 Å². The Labute approximate surface area is 79.3 Å². The Kier molecular flexibility index (Phi) is 2.91. The first-order chi connectivity index (χ1) is 6.15. The van der Waals surface area contributed by atoms with E-state index >= 15 is 0 Å². The molecule has 0 spiro atoms. The van der Waals surface area contributed by atoms with Crippen LogP contribution in [0.1, 0.15) is 26.2 Å². The molecule has 1 rings (SSSR count). The topological polar surface area (TPSA) is 26.3 Å². The fourth-order valence-corrected chi connectivity index (χ4v) is 1.84. The van der Waals surface area contributed by atoms with E-state index in [-0.39, 0.29) is 5.97 Å². The second-order valence-electron chi connectivity index (χ2n) is 3.58. The number of carbonyl (C=O) groups is 1. The van der Waals surface area contributed by atoms with E-state index in [1.165, 1.54) is 7.11 Å². The monoisotopic (exact) mass is 180 g/mol. The van der Waals surface area contributed by atoms with Gasteiger partial charge in [0.25, 0.3) is 0 Å². The van der Waals surface area contributed by atoms with Crippen LogP contribution in [0.5, 0.6) is 0 Å². The summed E-state index contributed by atoms with van der Waals surface area (Å²) in [7, 11) is 1.43. The lowest BCUT2D eigenvalue weighted by Gasteiger charge is -2.31. The van der Waals surface area contributed by atoms with Crippen molar-refractivity contribution in [2.45, 2.75) is 26.2 Å². The SMILES string of the molecule is C=CC1=CCCCC1(C)C(=O)OC. The predicted octanol–water partition coefficient (Wildman–Crippen LogP) is 2.46. The van der Waals surface area contributed by atoms with Crippen molar-refractivity contribution in [3.63, 3.8) is 0 Å². The summed E-state index contributed by atoms with van der Waals surface area (Å²) in [6, 6.07) is 0. The van der Waals surface area contributed by atoms with Gasteiger partial charge in [-0.05, 0) is 31.8 Å².